The number of hydrogen-bond donors (Lipinski definition) is 0. The lowest BCUT2D eigenvalue weighted by atomic mass is 10.3. The third kappa shape index (κ3) is 4.10. The van der Waals surface area contributed by atoms with E-state index in [0.29, 0.717) is 13.2 Å². The Balaban J connectivity index is 0.000000861. The summed E-state index contributed by atoms with van der Waals surface area (Å²) in [6.45, 7) is 11.5. The van der Waals surface area contributed by atoms with Crippen LogP contribution in [0.5, 0.6) is 11.5 Å². The highest BCUT2D eigenvalue weighted by atomic mass is 32.1. The third-order valence-corrected chi connectivity index (χ3v) is 3.23. The first-order valence-corrected chi connectivity index (χ1v) is 7.73. The molecule has 0 saturated heterocycles. The summed E-state index contributed by atoms with van der Waals surface area (Å²) in [5.74, 6) is 1.69. The number of nitrogens with zero attached hydrogens (tertiary/aromatic N) is 1. The van der Waals surface area contributed by atoms with E-state index < -0.39 is 0 Å². The maximum atomic E-state index is 5.73. The highest BCUT2D eigenvalue weighted by Gasteiger charge is 2.10. The van der Waals surface area contributed by atoms with Gasteiger partial charge in [0.1, 0.15) is 17.0 Å². The molecule has 1 heterocycles. The Bertz CT molecular complexity index is 508. The molecule has 0 amide bonds. The highest BCUT2D eigenvalue weighted by molar-refractivity contribution is 7.18. The summed E-state index contributed by atoms with van der Waals surface area (Å²) in [4.78, 5) is 4.51. The first-order chi connectivity index (χ1) is 9.24. The second-order valence-electron chi connectivity index (χ2n) is 3.78. The van der Waals surface area contributed by atoms with Gasteiger partial charge in [0.05, 0.1) is 22.9 Å². The van der Waals surface area contributed by atoms with Crippen LogP contribution in [0, 0.1) is 6.92 Å². The molecular weight excluding hydrogens is 258 g/mol. The van der Waals surface area contributed by atoms with E-state index in [1.54, 1.807) is 11.3 Å². The van der Waals surface area contributed by atoms with Crippen LogP contribution in [0.3, 0.4) is 0 Å². The average Bonchev–Trinajstić information content (AvgIpc) is 2.79. The number of aromatic nitrogens is 1. The Morgan fingerprint density at radius 3 is 2.53 bits per heavy atom. The number of aryl methyl sites for hydroxylation is 1. The maximum Gasteiger partial charge on any atom is 0.150 e. The number of hydrogen-bond acceptors (Lipinski definition) is 4. The summed E-state index contributed by atoms with van der Waals surface area (Å²) in [6.07, 6.45) is 0.990. The monoisotopic (exact) mass is 281 g/mol. The largest absolute Gasteiger partial charge is 0.494 e. The molecule has 0 fully saturated rings. The Hall–Kier alpha value is -1.29. The molecule has 0 unspecified atom stereocenters. The summed E-state index contributed by atoms with van der Waals surface area (Å²) in [7, 11) is 0. The minimum absolute atomic E-state index is 0.663. The number of fused-ring (bicyclic) bond motifs is 1. The molecule has 3 nitrogen and oxygen atoms in total. The minimum atomic E-state index is 0.663. The van der Waals surface area contributed by atoms with Crippen LogP contribution in [-0.4, -0.2) is 18.2 Å². The summed E-state index contributed by atoms with van der Waals surface area (Å²) < 4.78 is 12.4. The molecule has 106 valence electrons. The number of benzene rings is 1. The first kappa shape index (κ1) is 15.8. The summed E-state index contributed by atoms with van der Waals surface area (Å²) in [5, 5.41) is 1.05. The van der Waals surface area contributed by atoms with Gasteiger partial charge in [0, 0.05) is 6.07 Å². The maximum absolute atomic E-state index is 5.73. The second-order valence-corrected chi connectivity index (χ2v) is 5.02. The SMILES string of the molecule is CC.CCCOc1cc(OCC)cc2sc(C)nc12. The molecule has 0 aliphatic rings. The minimum Gasteiger partial charge on any atom is -0.494 e. The topological polar surface area (TPSA) is 31.4 Å². The van der Waals surface area contributed by atoms with Gasteiger partial charge in [-0.2, -0.15) is 0 Å². The second kappa shape index (κ2) is 8.00. The van der Waals surface area contributed by atoms with Gasteiger partial charge in [-0.1, -0.05) is 20.8 Å². The molecule has 4 heteroatoms. The van der Waals surface area contributed by atoms with E-state index in [1.165, 1.54) is 0 Å². The van der Waals surface area contributed by atoms with Crippen molar-refractivity contribution in [3.05, 3.63) is 17.1 Å². The predicted octanol–water partition coefficient (Wildman–Crippen LogP) is 4.82. The molecule has 0 bridgehead atoms. The van der Waals surface area contributed by atoms with Gasteiger partial charge in [0.25, 0.3) is 0 Å². The van der Waals surface area contributed by atoms with Crippen molar-refractivity contribution in [3.8, 4) is 11.5 Å². The van der Waals surface area contributed by atoms with E-state index in [-0.39, 0.29) is 0 Å². The molecule has 0 saturated carbocycles. The quantitative estimate of drug-likeness (QED) is 0.787. The van der Waals surface area contributed by atoms with E-state index >= 15 is 0 Å². The average molecular weight is 281 g/mol. The van der Waals surface area contributed by atoms with Gasteiger partial charge >= 0.3 is 0 Å². The van der Waals surface area contributed by atoms with Crippen LogP contribution in [0.1, 0.15) is 39.1 Å². The van der Waals surface area contributed by atoms with Gasteiger partial charge in [-0.3, -0.25) is 0 Å². The summed E-state index contributed by atoms with van der Waals surface area (Å²) >= 11 is 1.67. The van der Waals surface area contributed by atoms with Gasteiger partial charge in [-0.25, -0.2) is 4.98 Å². The highest BCUT2D eigenvalue weighted by Crippen LogP contribution is 2.34. The first-order valence-electron chi connectivity index (χ1n) is 6.91. The summed E-state index contributed by atoms with van der Waals surface area (Å²) in [5.41, 5.74) is 0.949. The molecule has 1 aromatic heterocycles. The molecule has 0 radical (unpaired) electrons. The zero-order valence-electron chi connectivity index (χ0n) is 12.4. The van der Waals surface area contributed by atoms with Gasteiger partial charge in [-0.15, -0.1) is 11.3 Å². The molecule has 0 atom stereocenters. The van der Waals surface area contributed by atoms with Crippen molar-refractivity contribution in [1.29, 1.82) is 0 Å². The molecule has 0 aliphatic heterocycles. The molecule has 1 aromatic carbocycles. The van der Waals surface area contributed by atoms with Crippen molar-refractivity contribution in [1.82, 2.24) is 4.98 Å². The number of thiazole rings is 1. The lowest BCUT2D eigenvalue weighted by Gasteiger charge is -2.08. The lowest BCUT2D eigenvalue weighted by molar-refractivity contribution is 0.312. The number of ether oxygens (including phenoxy) is 2. The molecule has 2 rings (SSSR count). The van der Waals surface area contributed by atoms with Gasteiger partial charge in [-0.05, 0) is 26.3 Å². The molecule has 19 heavy (non-hydrogen) atoms. The van der Waals surface area contributed by atoms with Crippen LogP contribution >= 0.6 is 11.3 Å². The predicted molar refractivity (Wildman–Crippen MR) is 82.7 cm³/mol. The van der Waals surface area contributed by atoms with Crippen molar-refractivity contribution in [2.75, 3.05) is 13.2 Å². The fourth-order valence-corrected chi connectivity index (χ4v) is 2.53. The van der Waals surface area contributed by atoms with Crippen LogP contribution < -0.4 is 9.47 Å². The van der Waals surface area contributed by atoms with E-state index in [2.05, 4.69) is 11.9 Å². The van der Waals surface area contributed by atoms with E-state index in [4.69, 9.17) is 9.47 Å². The molecule has 0 aliphatic carbocycles. The fourth-order valence-electron chi connectivity index (χ4n) is 1.66. The number of rotatable bonds is 5. The van der Waals surface area contributed by atoms with Crippen LogP contribution in [0.4, 0.5) is 0 Å². The smallest absolute Gasteiger partial charge is 0.150 e. The third-order valence-electron chi connectivity index (χ3n) is 2.31. The van der Waals surface area contributed by atoms with Crippen LogP contribution in [0.15, 0.2) is 12.1 Å². The van der Waals surface area contributed by atoms with Gasteiger partial charge in [0.2, 0.25) is 0 Å². The van der Waals surface area contributed by atoms with Crippen molar-refractivity contribution < 1.29 is 9.47 Å². The molecular formula is C15H23NO2S. The summed E-state index contributed by atoms with van der Waals surface area (Å²) in [6, 6.07) is 3.96. The molecule has 2 aromatic rings. The molecule has 0 spiro atoms. The van der Waals surface area contributed by atoms with Gasteiger partial charge < -0.3 is 9.47 Å². The van der Waals surface area contributed by atoms with Crippen LogP contribution in [-0.2, 0) is 0 Å². The van der Waals surface area contributed by atoms with E-state index in [1.807, 2.05) is 39.8 Å². The Morgan fingerprint density at radius 2 is 1.89 bits per heavy atom. The zero-order chi connectivity index (χ0) is 14.3. The Labute approximate surface area is 119 Å². The van der Waals surface area contributed by atoms with Crippen molar-refractivity contribution in [2.24, 2.45) is 0 Å². The van der Waals surface area contributed by atoms with Crippen molar-refractivity contribution in [3.63, 3.8) is 0 Å². The van der Waals surface area contributed by atoms with Crippen molar-refractivity contribution >= 4 is 21.6 Å². The Morgan fingerprint density at radius 1 is 1.16 bits per heavy atom. The normalized spacial score (nSPS) is 9.95. The lowest BCUT2D eigenvalue weighted by Crippen LogP contribution is -1.97. The van der Waals surface area contributed by atoms with Gasteiger partial charge in [0.15, 0.2) is 0 Å². The van der Waals surface area contributed by atoms with Crippen LogP contribution in [0.2, 0.25) is 0 Å². The van der Waals surface area contributed by atoms with Crippen LogP contribution in [0.25, 0.3) is 10.2 Å². The Kier molecular flexibility index (Phi) is 6.64. The zero-order valence-corrected chi connectivity index (χ0v) is 13.3. The van der Waals surface area contributed by atoms with Crippen molar-refractivity contribution in [2.45, 2.75) is 41.0 Å². The fraction of sp³-hybridized carbons (Fsp3) is 0.533. The van der Waals surface area contributed by atoms with E-state index in [0.717, 1.165) is 33.1 Å². The standard InChI is InChI=1S/C13H17NO2S.C2H6/c1-4-6-16-11-7-10(15-5-2)8-12-13(11)14-9(3)17-12;1-2/h7-8H,4-6H2,1-3H3;1-2H3. The molecule has 0 N–H and O–H groups in total. The van der Waals surface area contributed by atoms with E-state index in [9.17, 15) is 0 Å².